The third-order valence-corrected chi connectivity index (χ3v) is 4.04. The fraction of sp³-hybridized carbons (Fsp3) is 1.00. The first-order valence-corrected chi connectivity index (χ1v) is 7.57. The van der Waals surface area contributed by atoms with Crippen LogP contribution in [-0.2, 0) is 0 Å². The first-order valence-electron chi connectivity index (χ1n) is 7.57. The van der Waals surface area contributed by atoms with Gasteiger partial charge in [0.15, 0.2) is 0 Å². The van der Waals surface area contributed by atoms with Gasteiger partial charge in [-0.2, -0.15) is 0 Å². The zero-order chi connectivity index (χ0) is 13.6. The SMILES string of the molecule is CCNC(CCN1CCCN(C)CC1)C(C)(C)C. The van der Waals surface area contributed by atoms with Crippen LogP contribution < -0.4 is 5.32 Å². The van der Waals surface area contributed by atoms with Gasteiger partial charge in [0, 0.05) is 19.1 Å². The molecule has 3 heteroatoms. The second-order valence-corrected chi connectivity index (χ2v) is 6.76. The molecular weight excluding hydrogens is 222 g/mol. The van der Waals surface area contributed by atoms with Crippen LogP contribution >= 0.6 is 0 Å². The molecule has 1 unspecified atom stereocenters. The van der Waals surface area contributed by atoms with Crippen LogP contribution in [0, 0.1) is 5.41 Å². The van der Waals surface area contributed by atoms with Crippen LogP contribution in [0.1, 0.15) is 40.5 Å². The summed E-state index contributed by atoms with van der Waals surface area (Å²) in [6.45, 7) is 16.5. The Hall–Kier alpha value is -0.120. The van der Waals surface area contributed by atoms with E-state index in [1.165, 1.54) is 45.6 Å². The molecule has 3 nitrogen and oxygen atoms in total. The van der Waals surface area contributed by atoms with Crippen molar-refractivity contribution in [3.05, 3.63) is 0 Å². The summed E-state index contributed by atoms with van der Waals surface area (Å²) in [4.78, 5) is 5.09. The van der Waals surface area contributed by atoms with Crippen LogP contribution in [0.5, 0.6) is 0 Å². The van der Waals surface area contributed by atoms with E-state index in [4.69, 9.17) is 0 Å². The van der Waals surface area contributed by atoms with Crippen molar-refractivity contribution in [2.45, 2.75) is 46.6 Å². The lowest BCUT2D eigenvalue weighted by atomic mass is 9.84. The Morgan fingerprint density at radius 1 is 1.11 bits per heavy atom. The van der Waals surface area contributed by atoms with E-state index in [2.05, 4.69) is 49.9 Å². The van der Waals surface area contributed by atoms with Gasteiger partial charge in [-0.3, -0.25) is 0 Å². The van der Waals surface area contributed by atoms with E-state index in [0.29, 0.717) is 11.5 Å². The van der Waals surface area contributed by atoms with Crippen molar-refractivity contribution in [1.82, 2.24) is 15.1 Å². The molecule has 1 rings (SSSR count). The van der Waals surface area contributed by atoms with Crippen molar-refractivity contribution in [1.29, 1.82) is 0 Å². The van der Waals surface area contributed by atoms with E-state index in [1.54, 1.807) is 0 Å². The molecule has 1 saturated heterocycles. The predicted octanol–water partition coefficient (Wildman–Crippen LogP) is 2.04. The van der Waals surface area contributed by atoms with Crippen LogP contribution in [0.4, 0.5) is 0 Å². The van der Waals surface area contributed by atoms with Crippen molar-refractivity contribution in [2.75, 3.05) is 46.3 Å². The Morgan fingerprint density at radius 2 is 1.83 bits per heavy atom. The summed E-state index contributed by atoms with van der Waals surface area (Å²) in [5, 5.41) is 3.65. The number of nitrogens with one attached hydrogen (secondary N) is 1. The van der Waals surface area contributed by atoms with Gasteiger partial charge in [-0.1, -0.05) is 27.7 Å². The summed E-state index contributed by atoms with van der Waals surface area (Å²) >= 11 is 0. The number of rotatable bonds is 5. The van der Waals surface area contributed by atoms with E-state index >= 15 is 0 Å². The maximum Gasteiger partial charge on any atom is 0.0128 e. The molecule has 0 aromatic carbocycles. The summed E-state index contributed by atoms with van der Waals surface area (Å²) in [6.07, 6.45) is 2.58. The maximum absolute atomic E-state index is 3.65. The van der Waals surface area contributed by atoms with E-state index < -0.39 is 0 Å². The summed E-state index contributed by atoms with van der Waals surface area (Å²) in [7, 11) is 2.24. The van der Waals surface area contributed by atoms with Gasteiger partial charge >= 0.3 is 0 Å². The second-order valence-electron chi connectivity index (χ2n) is 6.76. The average Bonchev–Trinajstić information content (AvgIpc) is 2.48. The minimum atomic E-state index is 0.360. The Morgan fingerprint density at radius 3 is 2.44 bits per heavy atom. The highest BCUT2D eigenvalue weighted by Crippen LogP contribution is 2.22. The van der Waals surface area contributed by atoms with Gasteiger partial charge < -0.3 is 15.1 Å². The average molecular weight is 255 g/mol. The Bertz CT molecular complexity index is 222. The third kappa shape index (κ3) is 5.68. The highest BCUT2D eigenvalue weighted by molar-refractivity contribution is 4.81. The third-order valence-electron chi connectivity index (χ3n) is 4.04. The fourth-order valence-corrected chi connectivity index (χ4v) is 2.72. The van der Waals surface area contributed by atoms with Gasteiger partial charge in [0.05, 0.1) is 0 Å². The first kappa shape index (κ1) is 15.9. The Kier molecular flexibility index (Phi) is 6.61. The summed E-state index contributed by atoms with van der Waals surface area (Å²) < 4.78 is 0. The molecule has 0 spiro atoms. The van der Waals surface area contributed by atoms with E-state index in [9.17, 15) is 0 Å². The minimum absolute atomic E-state index is 0.360. The standard InChI is InChI=1S/C15H33N3/c1-6-16-14(15(2,3)4)8-11-18-10-7-9-17(5)12-13-18/h14,16H,6-13H2,1-5H3. The second kappa shape index (κ2) is 7.46. The van der Waals surface area contributed by atoms with Crippen LogP contribution in [-0.4, -0.2) is 62.2 Å². The molecule has 0 aromatic rings. The Labute approximate surface area is 114 Å². The molecule has 0 bridgehead atoms. The summed E-state index contributed by atoms with van der Waals surface area (Å²) in [5.41, 5.74) is 0.360. The zero-order valence-electron chi connectivity index (χ0n) is 13.1. The fourth-order valence-electron chi connectivity index (χ4n) is 2.72. The monoisotopic (exact) mass is 255 g/mol. The quantitative estimate of drug-likeness (QED) is 0.811. The molecule has 0 saturated carbocycles. The number of likely N-dealkylation sites (N-methyl/N-ethyl adjacent to an activating group) is 1. The van der Waals surface area contributed by atoms with Crippen LogP contribution in [0.3, 0.4) is 0 Å². The summed E-state index contributed by atoms with van der Waals surface area (Å²) in [6, 6.07) is 0.628. The molecule has 1 aliphatic rings. The van der Waals surface area contributed by atoms with Crippen molar-refractivity contribution in [3.8, 4) is 0 Å². The number of hydrogen-bond donors (Lipinski definition) is 1. The van der Waals surface area contributed by atoms with E-state index in [1.807, 2.05) is 0 Å². The minimum Gasteiger partial charge on any atom is -0.314 e. The molecule has 18 heavy (non-hydrogen) atoms. The molecule has 1 atom stereocenters. The van der Waals surface area contributed by atoms with Gasteiger partial charge in [0.1, 0.15) is 0 Å². The molecular formula is C15H33N3. The first-order chi connectivity index (χ1) is 8.43. The normalized spacial score (nSPS) is 21.8. The lowest BCUT2D eigenvalue weighted by Crippen LogP contribution is -2.43. The maximum atomic E-state index is 3.65. The Balaban J connectivity index is 2.37. The van der Waals surface area contributed by atoms with Crippen molar-refractivity contribution < 1.29 is 0 Å². The lowest BCUT2D eigenvalue weighted by molar-refractivity contribution is 0.208. The number of nitrogens with zero attached hydrogens (tertiary/aromatic N) is 2. The summed E-state index contributed by atoms with van der Waals surface area (Å²) in [5.74, 6) is 0. The molecule has 0 aromatic heterocycles. The molecule has 0 amide bonds. The van der Waals surface area contributed by atoms with Crippen LogP contribution in [0.15, 0.2) is 0 Å². The van der Waals surface area contributed by atoms with Crippen LogP contribution in [0.25, 0.3) is 0 Å². The highest BCUT2D eigenvalue weighted by atomic mass is 15.2. The predicted molar refractivity (Wildman–Crippen MR) is 80.1 cm³/mol. The topological polar surface area (TPSA) is 18.5 Å². The van der Waals surface area contributed by atoms with E-state index in [0.717, 1.165) is 6.54 Å². The molecule has 1 heterocycles. The van der Waals surface area contributed by atoms with Crippen LogP contribution in [0.2, 0.25) is 0 Å². The van der Waals surface area contributed by atoms with Crippen molar-refractivity contribution >= 4 is 0 Å². The molecule has 1 fully saturated rings. The number of hydrogen-bond acceptors (Lipinski definition) is 3. The zero-order valence-corrected chi connectivity index (χ0v) is 13.1. The van der Waals surface area contributed by atoms with Gasteiger partial charge in [0.25, 0.3) is 0 Å². The molecule has 0 radical (unpaired) electrons. The van der Waals surface area contributed by atoms with E-state index in [-0.39, 0.29) is 0 Å². The van der Waals surface area contributed by atoms with Gasteiger partial charge in [-0.25, -0.2) is 0 Å². The largest absolute Gasteiger partial charge is 0.314 e. The molecule has 0 aliphatic carbocycles. The highest BCUT2D eigenvalue weighted by Gasteiger charge is 2.24. The van der Waals surface area contributed by atoms with Crippen molar-refractivity contribution in [3.63, 3.8) is 0 Å². The smallest absolute Gasteiger partial charge is 0.0128 e. The van der Waals surface area contributed by atoms with Gasteiger partial charge in [-0.05, 0) is 51.5 Å². The van der Waals surface area contributed by atoms with Crippen molar-refractivity contribution in [2.24, 2.45) is 5.41 Å². The lowest BCUT2D eigenvalue weighted by Gasteiger charge is -2.33. The van der Waals surface area contributed by atoms with Gasteiger partial charge in [0.2, 0.25) is 0 Å². The molecule has 108 valence electrons. The van der Waals surface area contributed by atoms with Gasteiger partial charge in [-0.15, -0.1) is 0 Å². The molecule has 1 N–H and O–H groups in total. The molecule has 1 aliphatic heterocycles.